The molecule has 0 unspecified atom stereocenters. The molecule has 0 heterocycles. The Morgan fingerprint density at radius 3 is 2.14 bits per heavy atom. The summed E-state index contributed by atoms with van der Waals surface area (Å²) >= 11 is 0. The lowest BCUT2D eigenvalue weighted by molar-refractivity contribution is 0.101. The second-order valence-corrected chi connectivity index (χ2v) is 3.16. The molecule has 0 radical (unpaired) electrons. The lowest BCUT2D eigenvalue weighted by Crippen LogP contribution is -1.91. The fraction of sp³-hybridized carbons (Fsp3) is 0.154. The van der Waals surface area contributed by atoms with Crippen LogP contribution in [0.4, 0.5) is 0 Å². The quantitative estimate of drug-likeness (QED) is 0.521. The molecule has 0 saturated carbocycles. The normalized spacial score (nSPS) is 10.4. The number of carbonyl (C=O) groups excluding carboxylic acids is 1. The van der Waals surface area contributed by atoms with Gasteiger partial charge in [-0.1, -0.05) is 43.0 Å². The molecule has 1 aromatic carbocycles. The standard InChI is InChI=1S/C13H14O/c1-4-5-10(2)12-6-8-13(9-7-12)11(3)14/h4-9H,2H2,1,3H3/b5-4+. The van der Waals surface area contributed by atoms with E-state index in [1.807, 2.05) is 43.3 Å². The van der Waals surface area contributed by atoms with Crippen LogP contribution in [0, 0.1) is 0 Å². The molecule has 0 aliphatic heterocycles. The van der Waals surface area contributed by atoms with Crippen molar-refractivity contribution < 1.29 is 4.79 Å². The second kappa shape index (κ2) is 4.56. The highest BCUT2D eigenvalue weighted by atomic mass is 16.1. The average molecular weight is 186 g/mol. The number of ketones is 1. The fourth-order valence-electron chi connectivity index (χ4n) is 1.22. The molecule has 0 fully saturated rings. The van der Waals surface area contributed by atoms with Crippen molar-refractivity contribution in [3.8, 4) is 0 Å². The van der Waals surface area contributed by atoms with Gasteiger partial charge in [-0.05, 0) is 25.0 Å². The van der Waals surface area contributed by atoms with Crippen LogP contribution in [0.5, 0.6) is 0 Å². The van der Waals surface area contributed by atoms with Crippen LogP contribution < -0.4 is 0 Å². The highest BCUT2D eigenvalue weighted by Gasteiger charge is 1.99. The van der Waals surface area contributed by atoms with Crippen molar-refractivity contribution in [2.24, 2.45) is 0 Å². The first-order chi connectivity index (χ1) is 6.65. The van der Waals surface area contributed by atoms with Gasteiger partial charge in [-0.25, -0.2) is 0 Å². The molecule has 0 N–H and O–H groups in total. The first kappa shape index (κ1) is 10.5. The highest BCUT2D eigenvalue weighted by molar-refractivity contribution is 5.94. The summed E-state index contributed by atoms with van der Waals surface area (Å²) in [6.07, 6.45) is 3.89. The molecule has 1 heteroatoms. The molecule has 0 aliphatic carbocycles. The molecule has 0 aromatic heterocycles. The van der Waals surface area contributed by atoms with E-state index in [0.717, 1.165) is 16.7 Å². The molecule has 0 saturated heterocycles. The summed E-state index contributed by atoms with van der Waals surface area (Å²) in [5.41, 5.74) is 2.75. The van der Waals surface area contributed by atoms with E-state index in [4.69, 9.17) is 0 Å². The summed E-state index contributed by atoms with van der Waals surface area (Å²) in [6, 6.07) is 7.48. The van der Waals surface area contributed by atoms with E-state index in [0.29, 0.717) is 0 Å². The summed E-state index contributed by atoms with van der Waals surface area (Å²) in [5.74, 6) is 0.0909. The average Bonchev–Trinajstić information content (AvgIpc) is 2.18. The predicted molar refractivity (Wildman–Crippen MR) is 60.3 cm³/mol. The van der Waals surface area contributed by atoms with Gasteiger partial charge in [0.1, 0.15) is 0 Å². The summed E-state index contributed by atoms with van der Waals surface area (Å²) in [4.78, 5) is 11.0. The largest absolute Gasteiger partial charge is 0.295 e. The number of hydrogen-bond donors (Lipinski definition) is 0. The Morgan fingerprint density at radius 1 is 1.21 bits per heavy atom. The maximum absolute atomic E-state index is 11.0. The Morgan fingerprint density at radius 2 is 1.71 bits per heavy atom. The Kier molecular flexibility index (Phi) is 3.41. The smallest absolute Gasteiger partial charge is 0.159 e. The monoisotopic (exact) mass is 186 g/mol. The fourth-order valence-corrected chi connectivity index (χ4v) is 1.22. The third kappa shape index (κ3) is 2.43. The number of rotatable bonds is 3. The molecule has 0 aliphatic rings. The van der Waals surface area contributed by atoms with Crippen molar-refractivity contribution >= 4 is 11.4 Å². The van der Waals surface area contributed by atoms with E-state index in [9.17, 15) is 4.79 Å². The topological polar surface area (TPSA) is 17.1 Å². The zero-order chi connectivity index (χ0) is 10.6. The molecule has 72 valence electrons. The van der Waals surface area contributed by atoms with Crippen LogP contribution in [-0.2, 0) is 0 Å². The lowest BCUT2D eigenvalue weighted by atomic mass is 10.0. The summed E-state index contributed by atoms with van der Waals surface area (Å²) < 4.78 is 0. The number of allylic oxidation sites excluding steroid dienone is 3. The van der Waals surface area contributed by atoms with Crippen molar-refractivity contribution in [3.05, 3.63) is 54.1 Å². The van der Waals surface area contributed by atoms with Gasteiger partial charge in [-0.2, -0.15) is 0 Å². The van der Waals surface area contributed by atoms with Gasteiger partial charge >= 0.3 is 0 Å². The Hall–Kier alpha value is -1.63. The Bertz CT molecular complexity index is 369. The zero-order valence-electron chi connectivity index (χ0n) is 8.58. The van der Waals surface area contributed by atoms with Crippen LogP contribution >= 0.6 is 0 Å². The second-order valence-electron chi connectivity index (χ2n) is 3.16. The van der Waals surface area contributed by atoms with E-state index in [1.54, 1.807) is 6.92 Å². The van der Waals surface area contributed by atoms with Crippen LogP contribution in [0.3, 0.4) is 0 Å². The third-order valence-corrected chi connectivity index (χ3v) is 2.03. The minimum Gasteiger partial charge on any atom is -0.295 e. The van der Waals surface area contributed by atoms with Gasteiger partial charge < -0.3 is 0 Å². The molecule has 0 amide bonds. The van der Waals surface area contributed by atoms with Crippen LogP contribution in [0.15, 0.2) is 43.0 Å². The van der Waals surface area contributed by atoms with Crippen molar-refractivity contribution in [2.45, 2.75) is 13.8 Å². The number of benzene rings is 1. The minimum atomic E-state index is 0.0909. The summed E-state index contributed by atoms with van der Waals surface area (Å²) in [5, 5.41) is 0. The zero-order valence-corrected chi connectivity index (χ0v) is 8.58. The molecule has 0 atom stereocenters. The van der Waals surface area contributed by atoms with E-state index in [2.05, 4.69) is 6.58 Å². The van der Waals surface area contributed by atoms with Crippen LogP contribution in [-0.4, -0.2) is 5.78 Å². The van der Waals surface area contributed by atoms with Crippen LogP contribution in [0.1, 0.15) is 29.8 Å². The van der Waals surface area contributed by atoms with Gasteiger partial charge in [-0.3, -0.25) is 4.79 Å². The number of hydrogen-bond acceptors (Lipinski definition) is 1. The molecule has 1 aromatic rings. The van der Waals surface area contributed by atoms with E-state index in [-0.39, 0.29) is 5.78 Å². The number of Topliss-reactive ketones (excluding diaryl/α,β-unsaturated/α-hetero) is 1. The molecule has 14 heavy (non-hydrogen) atoms. The molecule has 0 bridgehead atoms. The minimum absolute atomic E-state index is 0.0909. The van der Waals surface area contributed by atoms with Gasteiger partial charge in [0.2, 0.25) is 0 Å². The van der Waals surface area contributed by atoms with Gasteiger partial charge in [0.15, 0.2) is 5.78 Å². The van der Waals surface area contributed by atoms with Gasteiger partial charge in [0, 0.05) is 5.56 Å². The maximum atomic E-state index is 11.0. The molecule has 0 spiro atoms. The van der Waals surface area contributed by atoms with Gasteiger partial charge in [0.25, 0.3) is 0 Å². The molecule has 1 rings (SSSR count). The summed E-state index contributed by atoms with van der Waals surface area (Å²) in [7, 11) is 0. The predicted octanol–water partition coefficient (Wildman–Crippen LogP) is 3.48. The first-order valence-corrected chi connectivity index (χ1v) is 4.58. The van der Waals surface area contributed by atoms with Crippen LogP contribution in [0.2, 0.25) is 0 Å². The van der Waals surface area contributed by atoms with E-state index in [1.165, 1.54) is 0 Å². The Labute approximate surface area is 84.8 Å². The maximum Gasteiger partial charge on any atom is 0.159 e. The van der Waals surface area contributed by atoms with E-state index < -0.39 is 0 Å². The first-order valence-electron chi connectivity index (χ1n) is 4.58. The third-order valence-electron chi connectivity index (χ3n) is 2.03. The molecular weight excluding hydrogens is 172 g/mol. The SMILES string of the molecule is C=C(/C=C/C)c1ccc(C(C)=O)cc1. The van der Waals surface area contributed by atoms with E-state index >= 15 is 0 Å². The van der Waals surface area contributed by atoms with Crippen molar-refractivity contribution in [1.82, 2.24) is 0 Å². The Balaban J connectivity index is 2.94. The van der Waals surface area contributed by atoms with Crippen molar-refractivity contribution in [3.63, 3.8) is 0 Å². The molecule has 1 nitrogen and oxygen atoms in total. The number of carbonyl (C=O) groups is 1. The van der Waals surface area contributed by atoms with Crippen molar-refractivity contribution in [1.29, 1.82) is 0 Å². The van der Waals surface area contributed by atoms with Gasteiger partial charge in [-0.15, -0.1) is 0 Å². The van der Waals surface area contributed by atoms with Crippen LogP contribution in [0.25, 0.3) is 5.57 Å². The van der Waals surface area contributed by atoms with Crippen molar-refractivity contribution in [2.75, 3.05) is 0 Å². The highest BCUT2D eigenvalue weighted by Crippen LogP contribution is 2.14. The van der Waals surface area contributed by atoms with Gasteiger partial charge in [0.05, 0.1) is 0 Å². The lowest BCUT2D eigenvalue weighted by Gasteiger charge is -2.01. The molecular formula is C13H14O. The summed E-state index contributed by atoms with van der Waals surface area (Å²) in [6.45, 7) is 7.44.